The fraction of sp³-hybridized carbons (Fsp3) is 0.385. The van der Waals surface area contributed by atoms with Crippen LogP contribution < -0.4 is 5.73 Å². The lowest BCUT2D eigenvalue weighted by Gasteiger charge is -2.11. The lowest BCUT2D eigenvalue weighted by molar-refractivity contribution is 0.492. The molecule has 0 aliphatic heterocycles. The van der Waals surface area contributed by atoms with Crippen LogP contribution in [0.5, 0.6) is 0 Å². The van der Waals surface area contributed by atoms with Crippen LogP contribution in [0.3, 0.4) is 0 Å². The third-order valence-electron chi connectivity index (χ3n) is 2.81. The molecule has 0 bridgehead atoms. The predicted octanol–water partition coefficient (Wildman–Crippen LogP) is 2.44. The number of hydrogen-bond donors (Lipinski definition) is 2. The van der Waals surface area contributed by atoms with Gasteiger partial charge in [-0.25, -0.2) is 4.98 Å². The molecule has 17 heavy (non-hydrogen) atoms. The normalized spacial score (nSPS) is 13.0. The Labute approximate surface area is 101 Å². The molecule has 3 N–H and O–H groups in total. The minimum Gasteiger partial charge on any atom is -0.321 e. The Bertz CT molecular complexity index is 502. The third kappa shape index (κ3) is 2.53. The van der Waals surface area contributed by atoms with Crippen LogP contribution in [-0.2, 0) is 0 Å². The Kier molecular flexibility index (Phi) is 3.24. The summed E-state index contributed by atoms with van der Waals surface area (Å²) in [6.07, 6.45) is 0. The molecule has 0 aliphatic carbocycles. The van der Waals surface area contributed by atoms with E-state index >= 15 is 0 Å². The smallest absolute Gasteiger partial charge is 0.181 e. The van der Waals surface area contributed by atoms with Crippen molar-refractivity contribution in [2.24, 2.45) is 11.7 Å². The van der Waals surface area contributed by atoms with E-state index in [4.69, 9.17) is 5.73 Å². The van der Waals surface area contributed by atoms with Gasteiger partial charge in [-0.1, -0.05) is 37.6 Å². The van der Waals surface area contributed by atoms with Gasteiger partial charge in [-0.15, -0.1) is 0 Å². The Morgan fingerprint density at radius 2 is 2.06 bits per heavy atom. The number of aromatic nitrogens is 3. The van der Waals surface area contributed by atoms with Crippen LogP contribution in [0.2, 0.25) is 0 Å². The molecule has 90 valence electrons. The number of nitrogens with zero attached hydrogens (tertiary/aromatic N) is 2. The van der Waals surface area contributed by atoms with Gasteiger partial charge in [0, 0.05) is 5.56 Å². The van der Waals surface area contributed by atoms with Crippen molar-refractivity contribution < 1.29 is 0 Å². The van der Waals surface area contributed by atoms with E-state index in [0.717, 1.165) is 11.4 Å². The highest BCUT2D eigenvalue weighted by atomic mass is 15.2. The molecular formula is C13H18N4. The topological polar surface area (TPSA) is 67.6 Å². The Morgan fingerprint density at radius 3 is 2.71 bits per heavy atom. The molecule has 0 aliphatic rings. The van der Waals surface area contributed by atoms with E-state index in [-0.39, 0.29) is 6.04 Å². The number of aryl methyl sites for hydroxylation is 1. The molecule has 2 rings (SSSR count). The number of aromatic amines is 1. The summed E-state index contributed by atoms with van der Waals surface area (Å²) >= 11 is 0. The average Bonchev–Trinajstić information content (AvgIpc) is 2.77. The summed E-state index contributed by atoms with van der Waals surface area (Å²) in [7, 11) is 0. The number of H-pyrrole nitrogens is 1. The van der Waals surface area contributed by atoms with Gasteiger partial charge in [0.2, 0.25) is 0 Å². The van der Waals surface area contributed by atoms with Crippen molar-refractivity contribution in [3.8, 4) is 11.4 Å². The first-order valence-corrected chi connectivity index (χ1v) is 5.83. The summed E-state index contributed by atoms with van der Waals surface area (Å²) in [4.78, 5) is 4.45. The maximum atomic E-state index is 6.03. The van der Waals surface area contributed by atoms with Crippen LogP contribution in [0, 0.1) is 12.8 Å². The summed E-state index contributed by atoms with van der Waals surface area (Å²) in [6.45, 7) is 6.19. The van der Waals surface area contributed by atoms with Gasteiger partial charge < -0.3 is 5.73 Å². The monoisotopic (exact) mass is 230 g/mol. The molecule has 1 aromatic carbocycles. The van der Waals surface area contributed by atoms with Gasteiger partial charge in [0.05, 0.1) is 6.04 Å². The van der Waals surface area contributed by atoms with Gasteiger partial charge in [0.25, 0.3) is 0 Å². The number of hydrogen-bond acceptors (Lipinski definition) is 3. The van der Waals surface area contributed by atoms with E-state index in [9.17, 15) is 0 Å². The second kappa shape index (κ2) is 4.67. The third-order valence-corrected chi connectivity index (χ3v) is 2.81. The van der Waals surface area contributed by atoms with Crippen molar-refractivity contribution >= 4 is 0 Å². The van der Waals surface area contributed by atoms with E-state index in [1.54, 1.807) is 0 Å². The van der Waals surface area contributed by atoms with Crippen molar-refractivity contribution in [3.63, 3.8) is 0 Å². The number of benzene rings is 1. The molecule has 0 saturated heterocycles. The first kappa shape index (κ1) is 11.8. The molecule has 0 amide bonds. The number of rotatable bonds is 3. The molecule has 2 aromatic rings. The minimum absolute atomic E-state index is 0.0962. The van der Waals surface area contributed by atoms with Crippen molar-refractivity contribution in [1.29, 1.82) is 0 Å². The molecule has 4 heteroatoms. The SMILES string of the molecule is Cc1cccc(-c2n[nH]c([C@@H](N)C(C)C)n2)c1. The van der Waals surface area contributed by atoms with Crippen molar-refractivity contribution in [3.05, 3.63) is 35.7 Å². The molecule has 0 fully saturated rings. The zero-order chi connectivity index (χ0) is 12.4. The summed E-state index contributed by atoms with van der Waals surface area (Å²) in [5, 5.41) is 7.13. The maximum absolute atomic E-state index is 6.03. The van der Waals surface area contributed by atoms with Gasteiger partial charge in [0.15, 0.2) is 5.82 Å². The largest absolute Gasteiger partial charge is 0.321 e. The summed E-state index contributed by atoms with van der Waals surface area (Å²) in [5.41, 5.74) is 8.24. The molecule has 0 radical (unpaired) electrons. The van der Waals surface area contributed by atoms with Crippen molar-refractivity contribution in [2.45, 2.75) is 26.8 Å². The van der Waals surface area contributed by atoms with Crippen LogP contribution in [0.4, 0.5) is 0 Å². The van der Waals surface area contributed by atoms with Crippen LogP contribution in [-0.4, -0.2) is 15.2 Å². The highest BCUT2D eigenvalue weighted by molar-refractivity contribution is 5.55. The molecular weight excluding hydrogens is 212 g/mol. The van der Waals surface area contributed by atoms with E-state index in [0.29, 0.717) is 11.7 Å². The molecule has 0 unspecified atom stereocenters. The number of nitrogens with one attached hydrogen (secondary N) is 1. The minimum atomic E-state index is -0.0962. The first-order chi connectivity index (χ1) is 8.08. The average molecular weight is 230 g/mol. The Hall–Kier alpha value is -1.68. The summed E-state index contributed by atoms with van der Waals surface area (Å²) in [5.74, 6) is 1.80. The highest BCUT2D eigenvalue weighted by Gasteiger charge is 2.15. The molecule has 0 spiro atoms. The van der Waals surface area contributed by atoms with E-state index in [1.165, 1.54) is 5.56 Å². The van der Waals surface area contributed by atoms with Crippen LogP contribution >= 0.6 is 0 Å². The van der Waals surface area contributed by atoms with E-state index in [1.807, 2.05) is 12.1 Å². The molecule has 1 aromatic heterocycles. The molecule has 1 atom stereocenters. The van der Waals surface area contributed by atoms with Gasteiger partial charge in [-0.05, 0) is 18.9 Å². The first-order valence-electron chi connectivity index (χ1n) is 5.83. The Balaban J connectivity index is 2.30. The lowest BCUT2D eigenvalue weighted by atomic mass is 10.1. The predicted molar refractivity (Wildman–Crippen MR) is 68.3 cm³/mol. The van der Waals surface area contributed by atoms with E-state index < -0.39 is 0 Å². The Morgan fingerprint density at radius 1 is 1.29 bits per heavy atom. The van der Waals surface area contributed by atoms with Gasteiger partial charge >= 0.3 is 0 Å². The van der Waals surface area contributed by atoms with Gasteiger partial charge in [0.1, 0.15) is 5.82 Å². The zero-order valence-corrected chi connectivity index (χ0v) is 10.4. The molecule has 0 saturated carbocycles. The fourth-order valence-electron chi connectivity index (χ4n) is 1.65. The van der Waals surface area contributed by atoms with Crippen LogP contribution in [0.1, 0.15) is 31.3 Å². The van der Waals surface area contributed by atoms with Gasteiger partial charge in [-0.2, -0.15) is 5.10 Å². The fourth-order valence-corrected chi connectivity index (χ4v) is 1.65. The van der Waals surface area contributed by atoms with Crippen LogP contribution in [0.25, 0.3) is 11.4 Å². The zero-order valence-electron chi connectivity index (χ0n) is 10.4. The molecule has 4 nitrogen and oxygen atoms in total. The quantitative estimate of drug-likeness (QED) is 0.851. The maximum Gasteiger partial charge on any atom is 0.181 e. The van der Waals surface area contributed by atoms with Crippen molar-refractivity contribution in [2.75, 3.05) is 0 Å². The molecule has 1 heterocycles. The second-order valence-corrected chi connectivity index (χ2v) is 4.68. The standard InChI is InChI=1S/C13H18N4/c1-8(2)11(14)13-15-12(16-17-13)10-6-4-5-9(3)7-10/h4-8,11H,14H2,1-3H3,(H,15,16,17)/t11-/m0/s1. The van der Waals surface area contributed by atoms with Crippen molar-refractivity contribution in [1.82, 2.24) is 15.2 Å². The highest BCUT2D eigenvalue weighted by Crippen LogP contribution is 2.20. The van der Waals surface area contributed by atoms with Gasteiger partial charge in [-0.3, -0.25) is 5.10 Å². The number of nitrogens with two attached hydrogens (primary N) is 1. The van der Waals surface area contributed by atoms with E-state index in [2.05, 4.69) is 48.1 Å². The summed E-state index contributed by atoms with van der Waals surface area (Å²) in [6, 6.07) is 8.02. The second-order valence-electron chi connectivity index (χ2n) is 4.68. The van der Waals surface area contributed by atoms with Crippen LogP contribution in [0.15, 0.2) is 24.3 Å². The lowest BCUT2D eigenvalue weighted by Crippen LogP contribution is -2.18. The summed E-state index contributed by atoms with van der Waals surface area (Å²) < 4.78 is 0.